The highest BCUT2D eigenvalue weighted by molar-refractivity contribution is 7.73. The molecule has 7 nitrogen and oxygen atoms in total. The van der Waals surface area contributed by atoms with Gasteiger partial charge >= 0.3 is 0 Å². The molecule has 4 N–H and O–H groups in total. The van der Waals surface area contributed by atoms with E-state index in [1.807, 2.05) is 38.0 Å². The molecule has 0 amide bonds. The van der Waals surface area contributed by atoms with Crippen molar-refractivity contribution in [3.8, 4) is 0 Å². The Kier molecular flexibility index (Phi) is 23.0. The van der Waals surface area contributed by atoms with E-state index >= 15 is 0 Å². The summed E-state index contributed by atoms with van der Waals surface area (Å²) in [4.78, 5) is 3.86. The maximum atomic E-state index is 8.67. The van der Waals surface area contributed by atoms with E-state index in [0.717, 1.165) is 13.1 Å². The summed E-state index contributed by atoms with van der Waals surface area (Å²) in [7, 11) is 7.71. The van der Waals surface area contributed by atoms with Crippen LogP contribution in [0.15, 0.2) is 0 Å². The van der Waals surface area contributed by atoms with Crippen LogP contribution in [0.2, 0.25) is 0 Å². The van der Waals surface area contributed by atoms with Gasteiger partial charge < -0.3 is 20.0 Å². The molecule has 0 heterocycles. The van der Waals surface area contributed by atoms with Crippen LogP contribution < -0.4 is 0 Å². The van der Waals surface area contributed by atoms with Crippen LogP contribution >= 0.6 is 0 Å². The third kappa shape index (κ3) is 66.4. The van der Waals surface area contributed by atoms with Crippen LogP contribution in [0.5, 0.6) is 0 Å². The fraction of sp³-hybridized carbons (Fsp3) is 1.00. The molecule has 0 bridgehead atoms. The van der Waals surface area contributed by atoms with Gasteiger partial charge in [-0.2, -0.15) is 4.21 Å². The lowest BCUT2D eigenvalue weighted by Crippen LogP contribution is -2.15. The van der Waals surface area contributed by atoms with Crippen molar-refractivity contribution >= 4 is 11.4 Å². The highest BCUT2D eigenvalue weighted by atomic mass is 32.2. The van der Waals surface area contributed by atoms with Crippen molar-refractivity contribution in [2.75, 3.05) is 54.5 Å². The Morgan fingerprint density at radius 1 is 0.875 bits per heavy atom. The molecule has 0 aromatic carbocycles. The summed E-state index contributed by atoms with van der Waals surface area (Å²) in [6.07, 6.45) is 0. The highest BCUT2D eigenvalue weighted by Crippen LogP contribution is 1.66. The Morgan fingerprint density at radius 2 is 1.06 bits per heavy atom. The Balaban J connectivity index is -0.000000162. The summed E-state index contributed by atoms with van der Waals surface area (Å²) in [5.74, 6) is 0. The normalized spacial score (nSPS) is 9.69. The number of aliphatic hydroxyl groups excluding tert-OH is 2. The number of hydrogen-bond acceptors (Lipinski definition) is 5. The molecule has 0 fully saturated rings. The zero-order chi connectivity index (χ0) is 13.6. The fourth-order valence-corrected chi connectivity index (χ4v) is 0.400. The van der Waals surface area contributed by atoms with E-state index in [2.05, 4.69) is 0 Å². The van der Waals surface area contributed by atoms with Gasteiger partial charge in [0.15, 0.2) is 0 Å². The standard InChI is InChI=1S/2C4H11NO.H2O3S/c2*1-5(2)3-4-6;1-4(2)3/h2*6H,3-4H2,1-2H3;(H2,1,2,3). The summed E-state index contributed by atoms with van der Waals surface area (Å²) >= 11 is -2.61. The maximum absolute atomic E-state index is 8.67. The monoisotopic (exact) mass is 260 g/mol. The van der Waals surface area contributed by atoms with Gasteiger partial charge in [0, 0.05) is 13.1 Å². The minimum atomic E-state index is -2.61. The predicted octanol–water partition coefficient (Wildman–Crippen LogP) is -1.24. The van der Waals surface area contributed by atoms with Crippen molar-refractivity contribution < 1.29 is 23.5 Å². The molecular weight excluding hydrogens is 236 g/mol. The molecule has 16 heavy (non-hydrogen) atoms. The lowest BCUT2D eigenvalue weighted by Gasteiger charge is -2.03. The summed E-state index contributed by atoms with van der Waals surface area (Å²) in [5, 5.41) is 16.4. The molecule has 0 saturated carbocycles. The van der Waals surface area contributed by atoms with Crippen LogP contribution in [0.25, 0.3) is 0 Å². The van der Waals surface area contributed by atoms with Crippen LogP contribution in [0.3, 0.4) is 0 Å². The SMILES string of the molecule is CN(C)CCO.CN(C)CCO.O=S(O)O. The van der Waals surface area contributed by atoms with Gasteiger partial charge in [-0.3, -0.25) is 9.11 Å². The van der Waals surface area contributed by atoms with Gasteiger partial charge in [-0.25, -0.2) is 0 Å². The van der Waals surface area contributed by atoms with Crippen molar-refractivity contribution in [2.45, 2.75) is 0 Å². The van der Waals surface area contributed by atoms with E-state index in [4.69, 9.17) is 23.5 Å². The van der Waals surface area contributed by atoms with Crippen LogP contribution in [0.4, 0.5) is 0 Å². The average molecular weight is 260 g/mol. The lowest BCUT2D eigenvalue weighted by atomic mass is 10.6. The molecule has 0 atom stereocenters. The molecule has 0 aliphatic rings. The van der Waals surface area contributed by atoms with Crippen LogP contribution in [0.1, 0.15) is 0 Å². The number of hydrogen-bond donors (Lipinski definition) is 4. The molecule has 0 aromatic rings. The maximum Gasteiger partial charge on any atom is 0.299 e. The Labute approximate surface area is 99.8 Å². The summed E-state index contributed by atoms with van der Waals surface area (Å²) in [5.41, 5.74) is 0. The zero-order valence-corrected chi connectivity index (χ0v) is 11.1. The first kappa shape index (κ1) is 21.2. The van der Waals surface area contributed by atoms with E-state index < -0.39 is 11.4 Å². The van der Waals surface area contributed by atoms with Crippen molar-refractivity contribution in [3.63, 3.8) is 0 Å². The summed E-state index contributed by atoms with van der Waals surface area (Å²) in [6, 6.07) is 0. The Bertz CT molecular complexity index is 132. The molecule has 102 valence electrons. The van der Waals surface area contributed by atoms with E-state index in [9.17, 15) is 0 Å². The van der Waals surface area contributed by atoms with Crippen molar-refractivity contribution in [1.29, 1.82) is 0 Å². The lowest BCUT2D eigenvalue weighted by molar-refractivity contribution is 0.242. The quantitative estimate of drug-likeness (QED) is 0.469. The minimum absolute atomic E-state index is 0.257. The zero-order valence-electron chi connectivity index (χ0n) is 10.3. The summed E-state index contributed by atoms with van der Waals surface area (Å²) < 4.78 is 22.8. The van der Waals surface area contributed by atoms with Crippen molar-refractivity contribution in [2.24, 2.45) is 0 Å². The Morgan fingerprint density at radius 3 is 1.06 bits per heavy atom. The van der Waals surface area contributed by atoms with Crippen LogP contribution in [0, 0.1) is 0 Å². The van der Waals surface area contributed by atoms with Crippen molar-refractivity contribution in [1.82, 2.24) is 9.80 Å². The largest absolute Gasteiger partial charge is 0.395 e. The molecule has 0 rings (SSSR count). The van der Waals surface area contributed by atoms with Gasteiger partial charge in [-0.15, -0.1) is 0 Å². The first-order valence-electron chi connectivity index (χ1n) is 4.59. The minimum Gasteiger partial charge on any atom is -0.395 e. The number of aliphatic hydroxyl groups is 2. The molecule has 0 aromatic heterocycles. The third-order valence-electron chi connectivity index (χ3n) is 1.09. The molecule has 0 spiro atoms. The van der Waals surface area contributed by atoms with Gasteiger partial charge in [0.05, 0.1) is 13.2 Å². The van der Waals surface area contributed by atoms with Crippen LogP contribution in [-0.4, -0.2) is 87.8 Å². The first-order chi connectivity index (χ1) is 7.27. The fourth-order valence-electron chi connectivity index (χ4n) is 0.400. The number of rotatable bonds is 4. The van der Waals surface area contributed by atoms with Gasteiger partial charge in [0.2, 0.25) is 0 Å². The molecule has 8 heteroatoms. The number of nitrogens with zero attached hydrogens (tertiary/aromatic N) is 2. The van der Waals surface area contributed by atoms with E-state index in [-0.39, 0.29) is 13.2 Å². The van der Waals surface area contributed by atoms with E-state index in [0.29, 0.717) is 0 Å². The first-order valence-corrected chi connectivity index (χ1v) is 5.65. The van der Waals surface area contributed by atoms with E-state index in [1.165, 1.54) is 0 Å². The molecule has 0 saturated heterocycles. The molecule has 0 aliphatic heterocycles. The average Bonchev–Trinajstić information content (AvgIpc) is 2.02. The van der Waals surface area contributed by atoms with Gasteiger partial charge in [0.25, 0.3) is 11.4 Å². The molecule has 0 unspecified atom stereocenters. The Hall–Kier alpha value is -0.0900. The smallest absolute Gasteiger partial charge is 0.299 e. The summed E-state index contributed by atoms with van der Waals surface area (Å²) in [6.45, 7) is 2.04. The van der Waals surface area contributed by atoms with Gasteiger partial charge in [-0.05, 0) is 28.2 Å². The van der Waals surface area contributed by atoms with Crippen molar-refractivity contribution in [3.05, 3.63) is 0 Å². The second-order valence-electron chi connectivity index (χ2n) is 3.28. The van der Waals surface area contributed by atoms with Crippen LogP contribution in [-0.2, 0) is 11.4 Å². The molecule has 0 radical (unpaired) electrons. The third-order valence-corrected chi connectivity index (χ3v) is 1.09. The van der Waals surface area contributed by atoms with E-state index in [1.54, 1.807) is 0 Å². The van der Waals surface area contributed by atoms with Gasteiger partial charge in [0.1, 0.15) is 0 Å². The highest BCUT2D eigenvalue weighted by Gasteiger charge is 1.81. The molecular formula is C8H24N2O5S. The van der Waals surface area contributed by atoms with Gasteiger partial charge in [-0.1, -0.05) is 0 Å². The predicted molar refractivity (Wildman–Crippen MR) is 64.7 cm³/mol. The number of likely N-dealkylation sites (N-methyl/N-ethyl adjacent to an activating group) is 2. The molecule has 0 aliphatic carbocycles. The topological polar surface area (TPSA) is 104 Å². The second-order valence-corrected chi connectivity index (χ2v) is 3.75. The second kappa shape index (κ2) is 17.3.